The highest BCUT2D eigenvalue weighted by Crippen LogP contribution is 2.38. The molecule has 0 fully saturated rings. The number of fused-ring (bicyclic) bond motifs is 1. The first kappa shape index (κ1) is 22.0. The second-order valence-electron chi connectivity index (χ2n) is 6.98. The number of benzene rings is 2. The van der Waals surface area contributed by atoms with E-state index in [0.29, 0.717) is 27.9 Å². The maximum atomic E-state index is 14.9. The molecule has 0 bridgehead atoms. The van der Waals surface area contributed by atoms with Crippen molar-refractivity contribution in [3.8, 4) is 5.69 Å². The standard InChI is InChI=1S/C20H18ClFN6O3S/c1-2-18-24-26-28(25-18)15-8-16-17(7-13(15)22)32-10-14(23-20(30)31)19(29)27(16)9-11-3-5-12(21)6-4-11/h3-8,14,23H,2,9-10H2,1H3,(H,30,31)/t14-/m0/s1. The second-order valence-corrected chi connectivity index (χ2v) is 8.48. The first-order valence-corrected chi connectivity index (χ1v) is 11.0. The van der Waals surface area contributed by atoms with Gasteiger partial charge < -0.3 is 15.3 Å². The molecule has 0 saturated carbocycles. The fraction of sp³-hybridized carbons (Fsp3) is 0.250. The van der Waals surface area contributed by atoms with Crippen molar-refractivity contribution in [3.63, 3.8) is 0 Å². The number of carbonyl (C=O) groups excluding carboxylic acids is 1. The van der Waals surface area contributed by atoms with E-state index in [1.54, 1.807) is 24.3 Å². The fourth-order valence-corrected chi connectivity index (χ4v) is 4.44. The van der Waals surface area contributed by atoms with E-state index in [1.165, 1.54) is 28.8 Å². The molecule has 2 N–H and O–H groups in total. The predicted molar refractivity (Wildman–Crippen MR) is 117 cm³/mol. The van der Waals surface area contributed by atoms with Crippen LogP contribution in [0.3, 0.4) is 0 Å². The third-order valence-corrected chi connectivity index (χ3v) is 6.22. The number of anilines is 1. The monoisotopic (exact) mass is 476 g/mol. The summed E-state index contributed by atoms with van der Waals surface area (Å²) in [5, 5.41) is 23.9. The van der Waals surface area contributed by atoms with Crippen LogP contribution in [0.1, 0.15) is 18.3 Å². The van der Waals surface area contributed by atoms with Crippen LogP contribution in [0.4, 0.5) is 14.9 Å². The van der Waals surface area contributed by atoms with Crippen molar-refractivity contribution in [1.82, 2.24) is 25.5 Å². The lowest BCUT2D eigenvalue weighted by molar-refractivity contribution is -0.120. The average molecular weight is 477 g/mol. The molecule has 4 rings (SSSR count). The van der Waals surface area contributed by atoms with Crippen molar-refractivity contribution >= 4 is 41.1 Å². The van der Waals surface area contributed by atoms with Crippen molar-refractivity contribution in [2.24, 2.45) is 0 Å². The van der Waals surface area contributed by atoms with E-state index in [4.69, 9.17) is 16.7 Å². The molecule has 0 spiro atoms. The number of nitrogens with one attached hydrogen (secondary N) is 1. The van der Waals surface area contributed by atoms with Gasteiger partial charge in [-0.2, -0.15) is 0 Å². The van der Waals surface area contributed by atoms with Crippen LogP contribution in [-0.4, -0.2) is 49.1 Å². The Morgan fingerprint density at radius 2 is 2.06 bits per heavy atom. The average Bonchev–Trinajstić information content (AvgIpc) is 3.21. The van der Waals surface area contributed by atoms with Gasteiger partial charge in [0.1, 0.15) is 11.7 Å². The van der Waals surface area contributed by atoms with Gasteiger partial charge in [0.15, 0.2) is 11.6 Å². The largest absolute Gasteiger partial charge is 0.465 e. The Balaban J connectivity index is 1.80. The highest BCUT2D eigenvalue weighted by Gasteiger charge is 2.33. The number of hydrogen-bond donors (Lipinski definition) is 2. The summed E-state index contributed by atoms with van der Waals surface area (Å²) in [6.45, 7) is 1.99. The quantitative estimate of drug-likeness (QED) is 0.580. The van der Waals surface area contributed by atoms with Gasteiger partial charge in [-0.25, -0.2) is 9.18 Å². The van der Waals surface area contributed by atoms with Crippen LogP contribution in [0.25, 0.3) is 5.69 Å². The summed E-state index contributed by atoms with van der Waals surface area (Å²) in [6.07, 6.45) is -0.779. The summed E-state index contributed by atoms with van der Waals surface area (Å²) in [6, 6.07) is 8.71. The van der Waals surface area contributed by atoms with Gasteiger partial charge in [-0.3, -0.25) is 4.79 Å². The number of carboxylic acid groups (broad SMARTS) is 1. The molecule has 166 valence electrons. The minimum absolute atomic E-state index is 0.0371. The van der Waals surface area contributed by atoms with Crippen molar-refractivity contribution < 1.29 is 19.1 Å². The Bertz CT molecular complexity index is 1170. The Morgan fingerprint density at radius 1 is 1.31 bits per heavy atom. The predicted octanol–water partition coefficient (Wildman–Crippen LogP) is 3.29. The molecular weight excluding hydrogens is 459 g/mol. The van der Waals surface area contributed by atoms with Crippen LogP contribution in [0.5, 0.6) is 0 Å². The zero-order valence-electron chi connectivity index (χ0n) is 16.8. The normalized spacial score (nSPS) is 15.9. The van der Waals surface area contributed by atoms with Crippen LogP contribution >= 0.6 is 23.4 Å². The van der Waals surface area contributed by atoms with Gasteiger partial charge >= 0.3 is 6.09 Å². The third kappa shape index (κ3) is 4.53. The third-order valence-electron chi connectivity index (χ3n) is 4.83. The number of carbonyl (C=O) groups is 2. The molecule has 1 aliphatic heterocycles. The zero-order valence-corrected chi connectivity index (χ0v) is 18.4. The lowest BCUT2D eigenvalue weighted by atomic mass is 10.1. The Labute approximate surface area is 191 Å². The zero-order chi connectivity index (χ0) is 22.8. The summed E-state index contributed by atoms with van der Waals surface area (Å²) >= 11 is 7.16. The molecule has 0 saturated heterocycles. The first-order valence-electron chi connectivity index (χ1n) is 9.66. The molecule has 0 unspecified atom stereocenters. The molecular formula is C20H18ClFN6O3S. The summed E-state index contributed by atoms with van der Waals surface area (Å²) in [5.41, 5.74) is 1.24. The molecule has 2 heterocycles. The molecule has 2 aromatic carbocycles. The van der Waals surface area contributed by atoms with Crippen molar-refractivity contribution in [2.45, 2.75) is 30.8 Å². The summed E-state index contributed by atoms with van der Waals surface area (Å²) in [4.78, 5) is 27.6. The van der Waals surface area contributed by atoms with Crippen LogP contribution < -0.4 is 10.2 Å². The molecule has 1 atom stereocenters. The van der Waals surface area contributed by atoms with Crippen molar-refractivity contribution in [3.05, 3.63) is 58.6 Å². The van der Waals surface area contributed by atoms with Crippen LogP contribution in [-0.2, 0) is 17.8 Å². The van der Waals surface area contributed by atoms with Crippen molar-refractivity contribution in [2.75, 3.05) is 10.7 Å². The number of thioether (sulfide) groups is 1. The number of aryl methyl sites for hydroxylation is 1. The minimum Gasteiger partial charge on any atom is -0.465 e. The molecule has 9 nitrogen and oxygen atoms in total. The van der Waals surface area contributed by atoms with Gasteiger partial charge in [0.2, 0.25) is 0 Å². The van der Waals surface area contributed by atoms with Gasteiger partial charge in [0.05, 0.1) is 12.2 Å². The minimum atomic E-state index is -1.31. The van der Waals surface area contributed by atoms with Gasteiger partial charge in [-0.15, -0.1) is 26.8 Å². The van der Waals surface area contributed by atoms with Crippen LogP contribution in [0.2, 0.25) is 5.02 Å². The lowest BCUT2D eigenvalue weighted by Gasteiger charge is -2.26. The summed E-state index contributed by atoms with van der Waals surface area (Å²) < 4.78 is 14.9. The topological polar surface area (TPSA) is 113 Å². The van der Waals surface area contributed by atoms with E-state index in [0.717, 1.165) is 10.4 Å². The Kier molecular flexibility index (Phi) is 6.28. The maximum absolute atomic E-state index is 14.9. The molecule has 1 aliphatic rings. The Morgan fingerprint density at radius 3 is 2.72 bits per heavy atom. The summed E-state index contributed by atoms with van der Waals surface area (Å²) in [7, 11) is 0. The number of aromatic nitrogens is 4. The maximum Gasteiger partial charge on any atom is 0.405 e. The van der Waals surface area contributed by atoms with E-state index in [9.17, 15) is 14.0 Å². The summed E-state index contributed by atoms with van der Waals surface area (Å²) in [5.74, 6) is -0.462. The molecule has 0 radical (unpaired) electrons. The molecule has 12 heteroatoms. The first-order chi connectivity index (χ1) is 15.4. The van der Waals surface area contributed by atoms with Crippen LogP contribution in [0, 0.1) is 5.82 Å². The number of tetrazole rings is 1. The molecule has 1 aromatic heterocycles. The number of halogens is 2. The number of amides is 2. The van der Waals surface area contributed by atoms with Gasteiger partial charge in [-0.1, -0.05) is 30.7 Å². The molecule has 0 aliphatic carbocycles. The number of nitrogens with zero attached hydrogens (tertiary/aromatic N) is 5. The molecule has 3 aromatic rings. The fourth-order valence-electron chi connectivity index (χ4n) is 3.24. The number of hydrogen-bond acceptors (Lipinski definition) is 6. The Hall–Kier alpha value is -3.18. The van der Waals surface area contributed by atoms with E-state index in [1.807, 2.05) is 6.92 Å². The van der Waals surface area contributed by atoms with Crippen LogP contribution in [0.15, 0.2) is 41.3 Å². The van der Waals surface area contributed by atoms with Gasteiger partial charge in [-0.05, 0) is 35.0 Å². The van der Waals surface area contributed by atoms with Gasteiger partial charge in [0, 0.05) is 22.1 Å². The smallest absolute Gasteiger partial charge is 0.405 e. The highest BCUT2D eigenvalue weighted by atomic mass is 35.5. The second kappa shape index (κ2) is 9.13. The van der Waals surface area contributed by atoms with Gasteiger partial charge in [0.25, 0.3) is 5.91 Å². The van der Waals surface area contributed by atoms with Crippen molar-refractivity contribution in [1.29, 1.82) is 0 Å². The van der Waals surface area contributed by atoms with E-state index in [-0.39, 0.29) is 18.0 Å². The number of rotatable bonds is 5. The lowest BCUT2D eigenvalue weighted by Crippen LogP contribution is -2.48. The van der Waals surface area contributed by atoms with E-state index in [2.05, 4.69) is 20.7 Å². The SMILES string of the molecule is CCc1nnn(-c2cc3c(cc2F)SC[C@H](NC(=O)O)C(=O)N3Cc2ccc(Cl)cc2)n1. The highest BCUT2D eigenvalue weighted by molar-refractivity contribution is 7.99. The van der Waals surface area contributed by atoms with E-state index >= 15 is 0 Å². The van der Waals surface area contributed by atoms with E-state index < -0.39 is 23.9 Å². The molecule has 32 heavy (non-hydrogen) atoms. The molecule has 2 amide bonds.